The minimum Gasteiger partial charge on any atom is -0.385 e. The lowest BCUT2D eigenvalue weighted by Crippen LogP contribution is -2.46. The Bertz CT molecular complexity index is 667. The number of rotatable bonds is 2. The normalized spacial score (nSPS) is 16.9. The lowest BCUT2D eigenvalue weighted by atomic mass is 9.84. The summed E-state index contributed by atoms with van der Waals surface area (Å²) in [5.74, 6) is 0. The molecule has 1 heterocycles. The number of nitrogens with one attached hydrogen (secondary N) is 1. The van der Waals surface area contributed by atoms with Crippen molar-refractivity contribution in [1.82, 2.24) is 4.90 Å². The molecule has 5 heteroatoms. The monoisotopic (exact) mass is 346 g/mol. The molecule has 1 fully saturated rings. The smallest absolute Gasteiger partial charge is 0.173 e. The van der Waals surface area contributed by atoms with Crippen LogP contribution >= 0.6 is 23.8 Å². The summed E-state index contributed by atoms with van der Waals surface area (Å²) in [7, 11) is 0. The van der Waals surface area contributed by atoms with E-state index in [0.717, 1.165) is 24.3 Å². The molecule has 0 radical (unpaired) electrons. The van der Waals surface area contributed by atoms with Crippen molar-refractivity contribution in [1.29, 1.82) is 0 Å². The van der Waals surface area contributed by atoms with E-state index in [-0.39, 0.29) is 0 Å². The van der Waals surface area contributed by atoms with Crippen molar-refractivity contribution in [3.63, 3.8) is 0 Å². The standard InChI is InChI=1S/C18H19ClN2OS/c19-15-6-8-16(9-7-15)20-17(23)21-12-10-18(22,11-13-21)14-4-2-1-3-5-14/h1-9,22H,10-13H2,(H,20,23). The lowest BCUT2D eigenvalue weighted by Gasteiger charge is -2.39. The number of benzene rings is 2. The second-order valence-corrected chi connectivity index (χ2v) is 6.64. The molecule has 0 aliphatic carbocycles. The fourth-order valence-electron chi connectivity index (χ4n) is 2.85. The van der Waals surface area contributed by atoms with E-state index in [1.54, 1.807) is 0 Å². The van der Waals surface area contributed by atoms with Gasteiger partial charge in [0.2, 0.25) is 0 Å². The summed E-state index contributed by atoms with van der Waals surface area (Å²) >= 11 is 11.4. The van der Waals surface area contributed by atoms with E-state index in [0.29, 0.717) is 23.0 Å². The van der Waals surface area contributed by atoms with E-state index >= 15 is 0 Å². The molecular formula is C18H19ClN2OS. The topological polar surface area (TPSA) is 35.5 Å². The average molecular weight is 347 g/mol. The Kier molecular flexibility index (Phi) is 4.85. The van der Waals surface area contributed by atoms with E-state index in [9.17, 15) is 5.11 Å². The molecule has 23 heavy (non-hydrogen) atoms. The van der Waals surface area contributed by atoms with Crippen LogP contribution in [-0.4, -0.2) is 28.2 Å². The summed E-state index contributed by atoms with van der Waals surface area (Å²) in [5.41, 5.74) is 1.15. The summed E-state index contributed by atoms with van der Waals surface area (Å²) in [6.45, 7) is 1.45. The van der Waals surface area contributed by atoms with Gasteiger partial charge in [-0.1, -0.05) is 41.9 Å². The van der Waals surface area contributed by atoms with Crippen molar-refractivity contribution in [2.75, 3.05) is 18.4 Å². The highest BCUT2D eigenvalue weighted by atomic mass is 35.5. The molecule has 0 bridgehead atoms. The van der Waals surface area contributed by atoms with Gasteiger partial charge in [-0.3, -0.25) is 0 Å². The van der Waals surface area contributed by atoms with Gasteiger partial charge in [0.05, 0.1) is 5.60 Å². The fraction of sp³-hybridized carbons (Fsp3) is 0.278. The van der Waals surface area contributed by atoms with Crippen molar-refractivity contribution in [3.8, 4) is 0 Å². The molecule has 2 aromatic rings. The predicted octanol–water partition coefficient (Wildman–Crippen LogP) is 4.02. The summed E-state index contributed by atoms with van der Waals surface area (Å²) in [5, 5.41) is 15.5. The molecule has 0 atom stereocenters. The number of hydrogen-bond donors (Lipinski definition) is 2. The SMILES string of the molecule is OC1(c2ccccc2)CCN(C(=S)Nc2ccc(Cl)cc2)CC1. The molecule has 2 N–H and O–H groups in total. The van der Waals surface area contributed by atoms with Crippen LogP contribution in [0.3, 0.4) is 0 Å². The van der Waals surface area contributed by atoms with Crippen LogP contribution in [0.1, 0.15) is 18.4 Å². The zero-order valence-corrected chi connectivity index (χ0v) is 14.3. The number of hydrogen-bond acceptors (Lipinski definition) is 2. The van der Waals surface area contributed by atoms with Gasteiger partial charge in [0.1, 0.15) is 0 Å². The predicted molar refractivity (Wildman–Crippen MR) is 98.8 cm³/mol. The number of nitrogens with zero attached hydrogens (tertiary/aromatic N) is 1. The Morgan fingerprint density at radius 3 is 2.26 bits per heavy atom. The molecule has 0 spiro atoms. The molecule has 3 nitrogen and oxygen atoms in total. The largest absolute Gasteiger partial charge is 0.385 e. The Balaban J connectivity index is 1.60. The van der Waals surface area contributed by atoms with Crippen LogP contribution in [0.4, 0.5) is 5.69 Å². The van der Waals surface area contributed by atoms with Crippen LogP contribution in [0, 0.1) is 0 Å². The third-order valence-corrected chi connectivity index (χ3v) is 4.90. The molecule has 0 aromatic heterocycles. The number of aliphatic hydroxyl groups is 1. The van der Waals surface area contributed by atoms with Crippen molar-refractivity contribution in [2.24, 2.45) is 0 Å². The summed E-state index contributed by atoms with van der Waals surface area (Å²) < 4.78 is 0. The van der Waals surface area contributed by atoms with Gasteiger partial charge in [-0.2, -0.15) is 0 Å². The lowest BCUT2D eigenvalue weighted by molar-refractivity contribution is -0.0117. The third-order valence-electron chi connectivity index (χ3n) is 4.28. The van der Waals surface area contributed by atoms with Crippen LogP contribution in [0.15, 0.2) is 54.6 Å². The second kappa shape index (κ2) is 6.87. The van der Waals surface area contributed by atoms with Crippen molar-refractivity contribution >= 4 is 34.6 Å². The van der Waals surface area contributed by atoms with Gasteiger partial charge in [0, 0.05) is 23.8 Å². The fourth-order valence-corrected chi connectivity index (χ4v) is 3.28. The van der Waals surface area contributed by atoms with Gasteiger partial charge >= 0.3 is 0 Å². The van der Waals surface area contributed by atoms with E-state index in [1.165, 1.54) is 0 Å². The molecule has 3 rings (SSSR count). The molecule has 1 aliphatic heterocycles. The summed E-state index contributed by atoms with van der Waals surface area (Å²) in [6.07, 6.45) is 1.33. The number of thiocarbonyl (C=S) groups is 1. The molecule has 1 saturated heterocycles. The van der Waals surface area contributed by atoms with E-state index in [2.05, 4.69) is 10.2 Å². The molecule has 0 unspecified atom stereocenters. The molecule has 0 amide bonds. The molecular weight excluding hydrogens is 328 g/mol. The minimum atomic E-state index is -0.756. The summed E-state index contributed by atoms with van der Waals surface area (Å²) in [6, 6.07) is 17.3. The maximum absolute atomic E-state index is 10.9. The van der Waals surface area contributed by atoms with Crippen LogP contribution in [0.5, 0.6) is 0 Å². The van der Waals surface area contributed by atoms with Gasteiger partial charge in [0.15, 0.2) is 5.11 Å². The Hall–Kier alpha value is -1.62. The molecule has 0 saturated carbocycles. The minimum absolute atomic E-state index is 0.666. The van der Waals surface area contributed by atoms with Crippen molar-refractivity contribution in [3.05, 3.63) is 65.2 Å². The number of anilines is 1. The number of piperidine rings is 1. The highest BCUT2D eigenvalue weighted by Crippen LogP contribution is 2.32. The van der Waals surface area contributed by atoms with Crippen LogP contribution < -0.4 is 5.32 Å². The van der Waals surface area contributed by atoms with Gasteiger partial charge in [-0.25, -0.2) is 0 Å². The summed E-state index contributed by atoms with van der Waals surface area (Å²) in [4.78, 5) is 2.10. The first kappa shape index (κ1) is 16.2. The third kappa shape index (κ3) is 3.83. The van der Waals surface area contributed by atoms with E-state index < -0.39 is 5.60 Å². The first-order chi connectivity index (χ1) is 11.1. The quantitative estimate of drug-likeness (QED) is 0.805. The van der Waals surface area contributed by atoms with Gasteiger partial charge < -0.3 is 15.3 Å². The zero-order chi connectivity index (χ0) is 16.3. The first-order valence-electron chi connectivity index (χ1n) is 7.66. The van der Waals surface area contributed by atoms with E-state index in [4.69, 9.17) is 23.8 Å². The maximum atomic E-state index is 10.9. The van der Waals surface area contributed by atoms with Crippen LogP contribution in [-0.2, 0) is 5.60 Å². The van der Waals surface area contributed by atoms with Gasteiger partial charge in [0.25, 0.3) is 0 Å². The van der Waals surface area contributed by atoms with Crippen LogP contribution in [0.25, 0.3) is 0 Å². The van der Waals surface area contributed by atoms with Gasteiger partial charge in [-0.15, -0.1) is 0 Å². The second-order valence-electron chi connectivity index (χ2n) is 5.82. The first-order valence-corrected chi connectivity index (χ1v) is 8.45. The molecule has 120 valence electrons. The highest BCUT2D eigenvalue weighted by molar-refractivity contribution is 7.80. The molecule has 1 aliphatic rings. The number of halogens is 1. The Labute approximate surface area is 146 Å². The van der Waals surface area contributed by atoms with Crippen molar-refractivity contribution in [2.45, 2.75) is 18.4 Å². The molecule has 2 aromatic carbocycles. The highest BCUT2D eigenvalue weighted by Gasteiger charge is 2.34. The Morgan fingerprint density at radius 1 is 1.04 bits per heavy atom. The number of likely N-dealkylation sites (tertiary alicyclic amines) is 1. The average Bonchev–Trinajstić information content (AvgIpc) is 2.58. The van der Waals surface area contributed by atoms with Crippen LogP contribution in [0.2, 0.25) is 5.02 Å². The Morgan fingerprint density at radius 2 is 1.65 bits per heavy atom. The van der Waals surface area contributed by atoms with E-state index in [1.807, 2.05) is 54.6 Å². The maximum Gasteiger partial charge on any atom is 0.173 e. The van der Waals surface area contributed by atoms with Crippen molar-refractivity contribution < 1.29 is 5.11 Å². The zero-order valence-electron chi connectivity index (χ0n) is 12.7. The van der Waals surface area contributed by atoms with Gasteiger partial charge in [-0.05, 0) is 54.9 Å².